The molecule has 1 aliphatic carbocycles. The summed E-state index contributed by atoms with van der Waals surface area (Å²) in [7, 11) is 0. The van der Waals surface area contributed by atoms with Gasteiger partial charge in [0, 0.05) is 18.5 Å². The average Bonchev–Trinajstić information content (AvgIpc) is 2.92. The van der Waals surface area contributed by atoms with Crippen molar-refractivity contribution in [3.8, 4) is 0 Å². The van der Waals surface area contributed by atoms with Crippen molar-refractivity contribution in [2.75, 3.05) is 6.54 Å². The Hall–Kier alpha value is -1.10. The van der Waals surface area contributed by atoms with Gasteiger partial charge in [-0.1, -0.05) is 20.8 Å². The molecular formula is C13H24N2O3. The Morgan fingerprint density at radius 2 is 1.94 bits per heavy atom. The van der Waals surface area contributed by atoms with E-state index < -0.39 is 5.97 Å². The van der Waals surface area contributed by atoms with Crippen molar-refractivity contribution in [3.63, 3.8) is 0 Å². The third-order valence-electron chi connectivity index (χ3n) is 2.92. The number of carbonyl (C=O) groups is 2. The van der Waals surface area contributed by atoms with Crippen LogP contribution in [-0.2, 0) is 9.59 Å². The summed E-state index contributed by atoms with van der Waals surface area (Å²) < 4.78 is 0. The summed E-state index contributed by atoms with van der Waals surface area (Å²) in [5, 5.41) is 8.80. The molecule has 1 saturated carbocycles. The zero-order valence-corrected chi connectivity index (χ0v) is 11.5. The van der Waals surface area contributed by atoms with Gasteiger partial charge in [0.05, 0.1) is 0 Å². The summed E-state index contributed by atoms with van der Waals surface area (Å²) in [6.07, 6.45) is 2.81. The quantitative estimate of drug-likeness (QED) is 0.748. The molecule has 0 spiro atoms. The molecule has 1 unspecified atom stereocenters. The van der Waals surface area contributed by atoms with Gasteiger partial charge in [-0.05, 0) is 24.7 Å². The van der Waals surface area contributed by atoms with Crippen molar-refractivity contribution in [1.29, 1.82) is 0 Å². The summed E-state index contributed by atoms with van der Waals surface area (Å²) in [6.45, 7) is 6.03. The highest BCUT2D eigenvalue weighted by atomic mass is 16.4. The van der Waals surface area contributed by atoms with Gasteiger partial charge < -0.3 is 15.7 Å². The van der Waals surface area contributed by atoms with Crippen LogP contribution >= 0.6 is 0 Å². The molecule has 3 N–H and O–H groups in total. The minimum atomic E-state index is -0.959. The number of carboxylic acid groups (broad SMARTS) is 1. The summed E-state index contributed by atoms with van der Waals surface area (Å²) in [6, 6.07) is -0.0806. The molecule has 0 aromatic heterocycles. The van der Waals surface area contributed by atoms with E-state index >= 15 is 0 Å². The van der Waals surface area contributed by atoms with Crippen molar-refractivity contribution in [1.82, 2.24) is 4.90 Å². The van der Waals surface area contributed by atoms with Crippen LogP contribution in [0.2, 0.25) is 0 Å². The van der Waals surface area contributed by atoms with Crippen molar-refractivity contribution in [3.05, 3.63) is 0 Å². The van der Waals surface area contributed by atoms with Crippen molar-refractivity contribution < 1.29 is 14.7 Å². The number of carboxylic acids is 1. The van der Waals surface area contributed by atoms with Gasteiger partial charge in [0.25, 0.3) is 0 Å². The van der Waals surface area contributed by atoms with Crippen LogP contribution in [0.25, 0.3) is 0 Å². The second-order valence-electron chi connectivity index (χ2n) is 6.38. The fourth-order valence-corrected chi connectivity index (χ4v) is 2.15. The molecule has 5 heteroatoms. The number of rotatable bonds is 6. The molecule has 1 amide bonds. The highest BCUT2D eigenvalue weighted by molar-refractivity contribution is 5.82. The van der Waals surface area contributed by atoms with E-state index in [1.54, 1.807) is 0 Å². The summed E-state index contributed by atoms with van der Waals surface area (Å²) >= 11 is 0. The van der Waals surface area contributed by atoms with E-state index in [4.69, 9.17) is 10.8 Å². The van der Waals surface area contributed by atoms with Gasteiger partial charge in [0.15, 0.2) is 0 Å². The predicted octanol–water partition coefficient (Wildman–Crippen LogP) is 1.22. The first kappa shape index (κ1) is 15.0. The maximum Gasteiger partial charge on any atom is 0.323 e. The average molecular weight is 256 g/mol. The van der Waals surface area contributed by atoms with E-state index in [-0.39, 0.29) is 36.4 Å². The van der Waals surface area contributed by atoms with E-state index in [1.807, 2.05) is 0 Å². The number of hydrogen-bond acceptors (Lipinski definition) is 3. The van der Waals surface area contributed by atoms with Gasteiger partial charge in [0.2, 0.25) is 5.91 Å². The Bertz CT molecular complexity index is 319. The first-order valence-corrected chi connectivity index (χ1v) is 6.46. The number of carbonyl (C=O) groups excluding carboxylic acids is 1. The van der Waals surface area contributed by atoms with Crippen LogP contribution in [0.1, 0.15) is 46.5 Å². The van der Waals surface area contributed by atoms with Crippen LogP contribution in [0.5, 0.6) is 0 Å². The number of aliphatic carboxylic acids is 1. The minimum absolute atomic E-state index is 0.0803. The van der Waals surface area contributed by atoms with E-state index in [2.05, 4.69) is 20.8 Å². The van der Waals surface area contributed by atoms with Crippen LogP contribution in [0.15, 0.2) is 0 Å². The lowest BCUT2D eigenvalue weighted by atomic mass is 9.87. The normalized spacial score (nSPS) is 17.3. The molecule has 18 heavy (non-hydrogen) atoms. The third kappa shape index (κ3) is 5.49. The van der Waals surface area contributed by atoms with Crippen LogP contribution in [0, 0.1) is 5.41 Å². The molecule has 1 atom stereocenters. The molecule has 0 bridgehead atoms. The van der Waals surface area contributed by atoms with E-state index in [9.17, 15) is 9.59 Å². The van der Waals surface area contributed by atoms with Crippen molar-refractivity contribution in [2.45, 2.75) is 58.5 Å². The molecule has 1 aliphatic rings. The van der Waals surface area contributed by atoms with E-state index in [1.165, 1.54) is 4.90 Å². The maximum absolute atomic E-state index is 12.0. The van der Waals surface area contributed by atoms with Gasteiger partial charge in [-0.25, -0.2) is 0 Å². The van der Waals surface area contributed by atoms with Gasteiger partial charge >= 0.3 is 5.97 Å². The molecule has 0 aromatic carbocycles. The lowest BCUT2D eigenvalue weighted by Gasteiger charge is -2.26. The van der Waals surface area contributed by atoms with Gasteiger partial charge in [-0.15, -0.1) is 0 Å². The Morgan fingerprint density at radius 1 is 1.39 bits per heavy atom. The third-order valence-corrected chi connectivity index (χ3v) is 2.92. The largest absolute Gasteiger partial charge is 0.480 e. The highest BCUT2D eigenvalue weighted by Crippen LogP contribution is 2.28. The minimum Gasteiger partial charge on any atom is -0.480 e. The smallest absolute Gasteiger partial charge is 0.323 e. The van der Waals surface area contributed by atoms with Gasteiger partial charge in [0.1, 0.15) is 6.54 Å². The number of nitrogens with two attached hydrogens (primary N) is 1. The number of hydrogen-bond donors (Lipinski definition) is 2. The Kier molecular flexibility index (Phi) is 4.73. The van der Waals surface area contributed by atoms with Crippen LogP contribution in [0.3, 0.4) is 0 Å². The summed E-state index contributed by atoms with van der Waals surface area (Å²) in [5.74, 6) is -1.09. The molecule has 5 nitrogen and oxygen atoms in total. The molecule has 0 heterocycles. The molecule has 1 rings (SSSR count). The number of amides is 1. The first-order chi connectivity index (χ1) is 8.19. The molecule has 0 radical (unpaired) electrons. The van der Waals surface area contributed by atoms with Crippen LogP contribution < -0.4 is 5.73 Å². The lowest BCUT2D eigenvalue weighted by molar-refractivity contribution is -0.145. The molecule has 104 valence electrons. The highest BCUT2D eigenvalue weighted by Gasteiger charge is 2.34. The van der Waals surface area contributed by atoms with E-state index in [0.717, 1.165) is 19.3 Å². The van der Waals surface area contributed by atoms with Crippen molar-refractivity contribution >= 4 is 11.9 Å². The molecule has 0 aromatic rings. The maximum atomic E-state index is 12.0. The molecular weight excluding hydrogens is 232 g/mol. The molecule has 0 aliphatic heterocycles. The Morgan fingerprint density at radius 3 is 2.33 bits per heavy atom. The SMILES string of the molecule is CC(C)(C)CC(N)CC(=O)N(CC(=O)O)C1CC1. The van der Waals surface area contributed by atoms with Gasteiger partial charge in [-0.2, -0.15) is 0 Å². The second kappa shape index (κ2) is 5.69. The fraction of sp³-hybridized carbons (Fsp3) is 0.846. The zero-order valence-electron chi connectivity index (χ0n) is 11.5. The number of nitrogens with zero attached hydrogens (tertiary/aromatic N) is 1. The lowest BCUT2D eigenvalue weighted by Crippen LogP contribution is -2.41. The standard InChI is InChI=1S/C13H24N2O3/c1-13(2,3)7-9(14)6-11(16)15(8-12(17)18)10-4-5-10/h9-10H,4-8,14H2,1-3H3,(H,17,18). The monoisotopic (exact) mass is 256 g/mol. The molecule has 0 saturated heterocycles. The topological polar surface area (TPSA) is 83.6 Å². The second-order valence-corrected chi connectivity index (χ2v) is 6.38. The van der Waals surface area contributed by atoms with Crippen molar-refractivity contribution in [2.24, 2.45) is 11.1 Å². The first-order valence-electron chi connectivity index (χ1n) is 6.46. The van der Waals surface area contributed by atoms with Crippen LogP contribution in [-0.4, -0.2) is 40.5 Å². The predicted molar refractivity (Wildman–Crippen MR) is 69.0 cm³/mol. The van der Waals surface area contributed by atoms with Crippen LogP contribution in [0.4, 0.5) is 0 Å². The summed E-state index contributed by atoms with van der Waals surface area (Å²) in [5.41, 5.74) is 6.04. The van der Waals surface area contributed by atoms with E-state index in [0.29, 0.717) is 0 Å². The zero-order chi connectivity index (χ0) is 13.9. The molecule has 1 fully saturated rings. The van der Waals surface area contributed by atoms with Gasteiger partial charge in [-0.3, -0.25) is 9.59 Å². The summed E-state index contributed by atoms with van der Waals surface area (Å²) in [4.78, 5) is 24.2. The Labute approximate surface area is 108 Å². The fourth-order valence-electron chi connectivity index (χ4n) is 2.15. The Balaban J connectivity index is 2.48.